The number of hydrogen-bond donors (Lipinski definition) is 1. The molecule has 23 heavy (non-hydrogen) atoms. The largest absolute Gasteiger partial charge is 0.419 e. The molecule has 0 saturated carbocycles. The van der Waals surface area contributed by atoms with Crippen molar-refractivity contribution in [2.24, 2.45) is 0 Å². The summed E-state index contributed by atoms with van der Waals surface area (Å²) in [6.45, 7) is 0. The maximum atomic E-state index is 13.2. The van der Waals surface area contributed by atoms with Crippen molar-refractivity contribution in [3.8, 4) is 0 Å². The minimum absolute atomic E-state index is 0.162. The zero-order chi connectivity index (χ0) is 17.4. The Bertz CT molecular complexity index is 852. The van der Waals surface area contributed by atoms with Crippen molar-refractivity contribution in [2.45, 2.75) is 11.1 Å². The Morgan fingerprint density at radius 3 is 2.22 bits per heavy atom. The summed E-state index contributed by atoms with van der Waals surface area (Å²) in [5.41, 5.74) is -1.95. The van der Waals surface area contributed by atoms with Crippen LogP contribution in [0.3, 0.4) is 0 Å². The van der Waals surface area contributed by atoms with Gasteiger partial charge in [-0.05, 0) is 36.4 Å². The molecule has 2 rings (SSSR count). The molecular formula is C13H7ClF5NO2S. The van der Waals surface area contributed by atoms with E-state index in [0.717, 1.165) is 18.2 Å². The van der Waals surface area contributed by atoms with Gasteiger partial charge in [0.15, 0.2) is 0 Å². The van der Waals surface area contributed by atoms with Crippen molar-refractivity contribution in [1.82, 2.24) is 0 Å². The zero-order valence-electron chi connectivity index (χ0n) is 11.0. The van der Waals surface area contributed by atoms with Gasteiger partial charge < -0.3 is 0 Å². The first-order chi connectivity index (χ1) is 10.5. The summed E-state index contributed by atoms with van der Waals surface area (Å²) in [6, 6.07) is 3.97. The summed E-state index contributed by atoms with van der Waals surface area (Å²) in [4.78, 5) is -0.813. The van der Waals surface area contributed by atoms with Gasteiger partial charge in [0.25, 0.3) is 10.0 Å². The van der Waals surface area contributed by atoms with Gasteiger partial charge in [-0.25, -0.2) is 17.2 Å². The Balaban J connectivity index is 2.44. The molecule has 0 aromatic heterocycles. The van der Waals surface area contributed by atoms with E-state index in [1.807, 2.05) is 4.72 Å². The molecule has 10 heteroatoms. The maximum absolute atomic E-state index is 13.2. The summed E-state index contributed by atoms with van der Waals surface area (Å²) >= 11 is 5.65. The smallest absolute Gasteiger partial charge is 0.278 e. The lowest BCUT2D eigenvalue weighted by molar-refractivity contribution is -0.140. The fourth-order valence-electron chi connectivity index (χ4n) is 1.66. The second-order valence-electron chi connectivity index (χ2n) is 4.37. The summed E-state index contributed by atoms with van der Waals surface area (Å²) in [5.74, 6) is -2.32. The molecule has 0 amide bonds. The van der Waals surface area contributed by atoms with Gasteiger partial charge in [0.05, 0.1) is 21.2 Å². The van der Waals surface area contributed by atoms with E-state index in [2.05, 4.69) is 0 Å². The van der Waals surface area contributed by atoms with Gasteiger partial charge in [-0.3, -0.25) is 4.72 Å². The second kappa shape index (κ2) is 5.97. The van der Waals surface area contributed by atoms with E-state index in [4.69, 9.17) is 11.6 Å². The molecule has 2 aromatic rings. The molecule has 0 atom stereocenters. The standard InChI is InChI=1S/C13H7ClF5NO2S/c14-10-5-7(15)1-4-12(10)20-23(21,22)8-2-3-11(16)9(6-8)13(17,18)19/h1-6,20H. The lowest BCUT2D eigenvalue weighted by Gasteiger charge is -2.12. The number of nitrogens with one attached hydrogen (secondary N) is 1. The van der Waals surface area contributed by atoms with E-state index in [1.165, 1.54) is 0 Å². The van der Waals surface area contributed by atoms with Crippen LogP contribution in [0.5, 0.6) is 0 Å². The molecule has 0 heterocycles. The summed E-state index contributed by atoms with van der Waals surface area (Å²) in [5, 5.41) is -0.285. The molecule has 1 N–H and O–H groups in total. The van der Waals surface area contributed by atoms with E-state index in [0.29, 0.717) is 12.1 Å². The Labute approximate surface area is 132 Å². The average Bonchev–Trinajstić information content (AvgIpc) is 2.41. The SMILES string of the molecule is O=S(=O)(Nc1ccc(F)cc1Cl)c1ccc(F)c(C(F)(F)F)c1. The van der Waals surface area contributed by atoms with Gasteiger partial charge in [0, 0.05) is 0 Å². The molecule has 0 bridgehead atoms. The molecule has 0 unspecified atom stereocenters. The van der Waals surface area contributed by atoms with Crippen LogP contribution in [0, 0.1) is 11.6 Å². The van der Waals surface area contributed by atoms with Gasteiger partial charge >= 0.3 is 6.18 Å². The summed E-state index contributed by atoms with van der Waals surface area (Å²) < 4.78 is 90.1. The molecule has 0 aliphatic heterocycles. The Morgan fingerprint density at radius 2 is 1.65 bits per heavy atom. The van der Waals surface area contributed by atoms with Crippen LogP contribution < -0.4 is 4.72 Å². The molecule has 0 fully saturated rings. The first-order valence-corrected chi connectivity index (χ1v) is 7.71. The molecule has 0 aliphatic carbocycles. The number of hydrogen-bond acceptors (Lipinski definition) is 2. The van der Waals surface area contributed by atoms with Crippen molar-refractivity contribution in [2.75, 3.05) is 4.72 Å². The zero-order valence-corrected chi connectivity index (χ0v) is 12.5. The summed E-state index contributed by atoms with van der Waals surface area (Å²) in [7, 11) is -4.47. The number of anilines is 1. The van der Waals surface area contributed by atoms with Crippen LogP contribution >= 0.6 is 11.6 Å². The molecule has 0 radical (unpaired) electrons. The monoisotopic (exact) mass is 371 g/mol. The number of alkyl halides is 3. The third kappa shape index (κ3) is 3.91. The van der Waals surface area contributed by atoms with E-state index in [9.17, 15) is 30.4 Å². The van der Waals surface area contributed by atoms with Gasteiger partial charge in [0.1, 0.15) is 11.6 Å². The number of halogens is 6. The third-order valence-electron chi connectivity index (χ3n) is 2.73. The Morgan fingerprint density at radius 1 is 1.00 bits per heavy atom. The minimum atomic E-state index is -5.05. The van der Waals surface area contributed by atoms with E-state index in [1.54, 1.807) is 0 Å². The lowest BCUT2D eigenvalue weighted by Crippen LogP contribution is -2.16. The number of sulfonamides is 1. The Kier molecular flexibility index (Phi) is 4.54. The second-order valence-corrected chi connectivity index (χ2v) is 6.46. The van der Waals surface area contributed by atoms with Crippen LogP contribution in [0.4, 0.5) is 27.6 Å². The highest BCUT2D eigenvalue weighted by molar-refractivity contribution is 7.92. The van der Waals surface area contributed by atoms with Crippen molar-refractivity contribution >= 4 is 27.3 Å². The van der Waals surface area contributed by atoms with Gasteiger partial charge in [-0.1, -0.05) is 11.6 Å². The quantitative estimate of drug-likeness (QED) is 0.811. The highest BCUT2D eigenvalue weighted by atomic mass is 35.5. The van der Waals surface area contributed by atoms with Crippen molar-refractivity contribution in [3.63, 3.8) is 0 Å². The topological polar surface area (TPSA) is 46.2 Å². The maximum Gasteiger partial charge on any atom is 0.419 e. The van der Waals surface area contributed by atoms with Gasteiger partial charge in [-0.2, -0.15) is 13.2 Å². The third-order valence-corrected chi connectivity index (χ3v) is 4.40. The predicted molar refractivity (Wildman–Crippen MR) is 73.6 cm³/mol. The molecule has 0 aliphatic rings. The predicted octanol–water partition coefficient (Wildman–Crippen LogP) is 4.44. The highest BCUT2D eigenvalue weighted by Crippen LogP contribution is 2.33. The first-order valence-electron chi connectivity index (χ1n) is 5.85. The van der Waals surface area contributed by atoms with Crippen LogP contribution in [-0.2, 0) is 16.2 Å². The molecule has 3 nitrogen and oxygen atoms in total. The lowest BCUT2D eigenvalue weighted by atomic mass is 10.2. The van der Waals surface area contributed by atoms with E-state index >= 15 is 0 Å². The molecule has 0 saturated heterocycles. The normalized spacial score (nSPS) is 12.3. The summed E-state index contributed by atoms with van der Waals surface area (Å²) in [6.07, 6.45) is -5.05. The molecular weight excluding hydrogens is 365 g/mol. The Hall–Kier alpha value is -1.87. The van der Waals surface area contributed by atoms with Gasteiger partial charge in [0.2, 0.25) is 0 Å². The fraction of sp³-hybridized carbons (Fsp3) is 0.0769. The van der Waals surface area contributed by atoms with Crippen molar-refractivity contribution in [3.05, 3.63) is 58.6 Å². The van der Waals surface area contributed by atoms with E-state index in [-0.39, 0.29) is 16.8 Å². The fourth-order valence-corrected chi connectivity index (χ4v) is 3.04. The molecule has 0 spiro atoms. The van der Waals surface area contributed by atoms with Gasteiger partial charge in [-0.15, -0.1) is 0 Å². The molecule has 124 valence electrons. The average molecular weight is 372 g/mol. The number of rotatable bonds is 3. The minimum Gasteiger partial charge on any atom is -0.278 e. The highest BCUT2D eigenvalue weighted by Gasteiger charge is 2.35. The van der Waals surface area contributed by atoms with Crippen LogP contribution in [0.1, 0.15) is 5.56 Å². The van der Waals surface area contributed by atoms with Crippen molar-refractivity contribution in [1.29, 1.82) is 0 Å². The van der Waals surface area contributed by atoms with Crippen LogP contribution in [0.2, 0.25) is 5.02 Å². The van der Waals surface area contributed by atoms with Crippen LogP contribution in [0.15, 0.2) is 41.3 Å². The first kappa shape index (κ1) is 17.5. The molecule has 2 aromatic carbocycles. The van der Waals surface area contributed by atoms with Crippen LogP contribution in [0.25, 0.3) is 0 Å². The van der Waals surface area contributed by atoms with Crippen molar-refractivity contribution < 1.29 is 30.4 Å². The van der Waals surface area contributed by atoms with Crippen LogP contribution in [-0.4, -0.2) is 8.42 Å². The number of benzene rings is 2. The van der Waals surface area contributed by atoms with E-state index < -0.39 is 38.3 Å².